The molecule has 4 rings (SSSR count). The zero-order chi connectivity index (χ0) is 16.7. The third-order valence-corrected chi connectivity index (χ3v) is 5.50. The molecule has 0 aromatic heterocycles. The summed E-state index contributed by atoms with van der Waals surface area (Å²) in [6.07, 6.45) is -0.654. The highest BCUT2D eigenvalue weighted by atomic mass is 16.3. The molecule has 0 spiro atoms. The van der Waals surface area contributed by atoms with Crippen LogP contribution in [0.2, 0.25) is 0 Å². The Balaban J connectivity index is 1.65. The number of amides is 1. The SMILES string of the molecule is CC12CN(Cc3ccccc3)CC1C(=O)Nc1ccccc1C2O. The van der Waals surface area contributed by atoms with Gasteiger partial charge >= 0.3 is 0 Å². The van der Waals surface area contributed by atoms with Crippen molar-refractivity contribution in [3.63, 3.8) is 0 Å². The van der Waals surface area contributed by atoms with Gasteiger partial charge in [0.15, 0.2) is 0 Å². The van der Waals surface area contributed by atoms with E-state index >= 15 is 0 Å². The molecule has 2 aromatic carbocycles. The summed E-state index contributed by atoms with van der Waals surface area (Å²) in [5, 5.41) is 14.1. The number of rotatable bonds is 2. The lowest BCUT2D eigenvalue weighted by molar-refractivity contribution is -0.124. The van der Waals surface area contributed by atoms with E-state index in [0.717, 1.165) is 17.8 Å². The second-order valence-electron chi connectivity index (χ2n) is 7.19. The molecule has 3 unspecified atom stereocenters. The minimum absolute atomic E-state index is 0.0112. The van der Waals surface area contributed by atoms with Gasteiger partial charge in [0.1, 0.15) is 0 Å². The molecule has 3 atom stereocenters. The van der Waals surface area contributed by atoms with Crippen LogP contribution in [0.5, 0.6) is 0 Å². The lowest BCUT2D eigenvalue weighted by Crippen LogP contribution is -2.37. The second-order valence-corrected chi connectivity index (χ2v) is 7.19. The molecule has 2 heterocycles. The molecule has 0 radical (unpaired) electrons. The largest absolute Gasteiger partial charge is 0.388 e. The van der Waals surface area contributed by atoms with Crippen LogP contribution in [-0.4, -0.2) is 29.0 Å². The van der Waals surface area contributed by atoms with Crippen LogP contribution >= 0.6 is 0 Å². The summed E-state index contributed by atoms with van der Waals surface area (Å²) < 4.78 is 0. The zero-order valence-corrected chi connectivity index (χ0v) is 13.8. The molecule has 124 valence electrons. The van der Waals surface area contributed by atoms with E-state index in [2.05, 4.69) is 22.3 Å². The Morgan fingerprint density at radius 2 is 1.88 bits per heavy atom. The highest BCUT2D eigenvalue weighted by molar-refractivity contribution is 5.95. The Bertz CT molecular complexity index is 761. The number of para-hydroxylation sites is 1. The maximum absolute atomic E-state index is 12.8. The van der Waals surface area contributed by atoms with Crippen molar-refractivity contribution in [1.82, 2.24) is 4.90 Å². The monoisotopic (exact) mass is 322 g/mol. The normalized spacial score (nSPS) is 29.5. The smallest absolute Gasteiger partial charge is 0.229 e. The minimum Gasteiger partial charge on any atom is -0.388 e. The minimum atomic E-state index is -0.654. The van der Waals surface area contributed by atoms with Crippen molar-refractivity contribution in [3.05, 3.63) is 65.7 Å². The van der Waals surface area contributed by atoms with Crippen LogP contribution in [-0.2, 0) is 11.3 Å². The molecule has 0 saturated carbocycles. The standard InChI is InChI=1S/C20H22N2O2/c1-20-13-22(11-14-7-3-2-4-8-14)12-16(20)19(24)21-17-10-6-5-9-15(17)18(20)23/h2-10,16,18,23H,11-13H2,1H3,(H,21,24). The van der Waals surface area contributed by atoms with Gasteiger partial charge in [-0.1, -0.05) is 55.5 Å². The number of anilines is 1. The fraction of sp³-hybridized carbons (Fsp3) is 0.350. The van der Waals surface area contributed by atoms with E-state index in [9.17, 15) is 9.90 Å². The van der Waals surface area contributed by atoms with Gasteiger partial charge in [0.2, 0.25) is 5.91 Å². The van der Waals surface area contributed by atoms with E-state index in [0.29, 0.717) is 13.1 Å². The first-order valence-electron chi connectivity index (χ1n) is 8.42. The van der Waals surface area contributed by atoms with E-state index < -0.39 is 11.5 Å². The number of aliphatic hydroxyl groups is 1. The maximum atomic E-state index is 12.8. The van der Waals surface area contributed by atoms with Crippen LogP contribution in [0, 0.1) is 11.3 Å². The number of likely N-dealkylation sites (tertiary alicyclic amines) is 1. The van der Waals surface area contributed by atoms with Gasteiger partial charge in [-0.2, -0.15) is 0 Å². The van der Waals surface area contributed by atoms with Crippen molar-refractivity contribution in [2.24, 2.45) is 11.3 Å². The van der Waals surface area contributed by atoms with Gasteiger partial charge < -0.3 is 10.4 Å². The Labute approximate surface area is 142 Å². The molecular weight excluding hydrogens is 300 g/mol. The average molecular weight is 322 g/mol. The van der Waals surface area contributed by atoms with Crippen molar-refractivity contribution in [2.75, 3.05) is 18.4 Å². The molecule has 1 fully saturated rings. The Hall–Kier alpha value is -2.17. The van der Waals surface area contributed by atoms with Crippen molar-refractivity contribution >= 4 is 11.6 Å². The second kappa shape index (κ2) is 5.72. The van der Waals surface area contributed by atoms with Crippen LogP contribution in [0.1, 0.15) is 24.2 Å². The quantitative estimate of drug-likeness (QED) is 0.894. The highest BCUT2D eigenvalue weighted by Gasteiger charge is 2.53. The topological polar surface area (TPSA) is 52.6 Å². The van der Waals surface area contributed by atoms with Gasteiger partial charge in [0.25, 0.3) is 0 Å². The van der Waals surface area contributed by atoms with Gasteiger partial charge in [-0.05, 0) is 11.6 Å². The zero-order valence-electron chi connectivity index (χ0n) is 13.8. The third kappa shape index (κ3) is 2.43. The predicted molar refractivity (Wildman–Crippen MR) is 93.3 cm³/mol. The summed E-state index contributed by atoms with van der Waals surface area (Å²) in [5.74, 6) is -0.208. The number of carbonyl (C=O) groups excluding carboxylic acids is 1. The number of aliphatic hydroxyl groups excluding tert-OH is 1. The molecule has 2 aromatic rings. The van der Waals surface area contributed by atoms with E-state index in [4.69, 9.17) is 0 Å². The maximum Gasteiger partial charge on any atom is 0.229 e. The first kappa shape index (κ1) is 15.4. The summed E-state index contributed by atoms with van der Waals surface area (Å²) in [4.78, 5) is 15.0. The summed E-state index contributed by atoms with van der Waals surface area (Å²) in [5.41, 5.74) is 2.30. The van der Waals surface area contributed by atoms with Crippen LogP contribution in [0.25, 0.3) is 0 Å². The molecule has 4 nitrogen and oxygen atoms in total. The molecule has 1 saturated heterocycles. The molecule has 0 bridgehead atoms. The number of benzene rings is 2. The molecule has 2 aliphatic rings. The number of carbonyl (C=O) groups is 1. The van der Waals surface area contributed by atoms with Crippen LogP contribution < -0.4 is 5.32 Å². The Kier molecular flexibility index (Phi) is 3.66. The van der Waals surface area contributed by atoms with Crippen LogP contribution in [0.3, 0.4) is 0 Å². The van der Waals surface area contributed by atoms with Crippen molar-refractivity contribution in [1.29, 1.82) is 0 Å². The Morgan fingerprint density at radius 1 is 1.17 bits per heavy atom. The first-order valence-corrected chi connectivity index (χ1v) is 8.42. The summed E-state index contributed by atoms with van der Waals surface area (Å²) in [6.45, 7) is 4.21. The Morgan fingerprint density at radius 3 is 2.67 bits per heavy atom. The molecule has 24 heavy (non-hydrogen) atoms. The molecule has 2 N–H and O–H groups in total. The van der Waals surface area contributed by atoms with E-state index in [-0.39, 0.29) is 11.8 Å². The van der Waals surface area contributed by atoms with Gasteiger partial charge in [0, 0.05) is 36.3 Å². The highest BCUT2D eigenvalue weighted by Crippen LogP contribution is 2.49. The van der Waals surface area contributed by atoms with Crippen LogP contribution in [0.15, 0.2) is 54.6 Å². The number of nitrogens with one attached hydrogen (secondary N) is 1. The summed E-state index contributed by atoms with van der Waals surface area (Å²) in [7, 11) is 0. The predicted octanol–water partition coefficient (Wildman–Crippen LogP) is 2.81. The van der Waals surface area contributed by atoms with E-state index in [1.165, 1.54) is 5.56 Å². The average Bonchev–Trinajstić information content (AvgIpc) is 2.90. The lowest BCUT2D eigenvalue weighted by atomic mass is 9.73. The van der Waals surface area contributed by atoms with Gasteiger partial charge in [-0.3, -0.25) is 9.69 Å². The van der Waals surface area contributed by atoms with Gasteiger partial charge in [-0.15, -0.1) is 0 Å². The number of hydrogen-bond acceptors (Lipinski definition) is 3. The molecular formula is C20H22N2O2. The summed E-state index contributed by atoms with van der Waals surface area (Å²) in [6, 6.07) is 17.8. The summed E-state index contributed by atoms with van der Waals surface area (Å²) >= 11 is 0. The van der Waals surface area contributed by atoms with E-state index in [1.54, 1.807) is 0 Å². The van der Waals surface area contributed by atoms with Gasteiger partial charge in [-0.25, -0.2) is 0 Å². The third-order valence-electron chi connectivity index (χ3n) is 5.50. The molecule has 1 amide bonds. The van der Waals surface area contributed by atoms with Crippen molar-refractivity contribution in [3.8, 4) is 0 Å². The fourth-order valence-electron chi connectivity index (χ4n) is 4.17. The van der Waals surface area contributed by atoms with Gasteiger partial charge in [0.05, 0.1) is 12.0 Å². The van der Waals surface area contributed by atoms with Crippen LogP contribution in [0.4, 0.5) is 5.69 Å². The number of nitrogens with zero attached hydrogens (tertiary/aromatic N) is 1. The van der Waals surface area contributed by atoms with E-state index in [1.807, 2.05) is 49.4 Å². The fourth-order valence-corrected chi connectivity index (χ4v) is 4.17. The van der Waals surface area contributed by atoms with Crippen molar-refractivity contribution in [2.45, 2.75) is 19.6 Å². The number of fused-ring (bicyclic) bond motifs is 2. The molecule has 2 aliphatic heterocycles. The number of hydrogen-bond donors (Lipinski definition) is 2. The van der Waals surface area contributed by atoms with Crippen molar-refractivity contribution < 1.29 is 9.90 Å². The first-order chi connectivity index (χ1) is 11.6. The molecule has 0 aliphatic carbocycles. The lowest BCUT2D eigenvalue weighted by Gasteiger charge is -2.32. The molecule has 4 heteroatoms.